The molecule has 0 aliphatic rings. The van der Waals surface area contributed by atoms with Gasteiger partial charge in [0.25, 0.3) is 0 Å². The van der Waals surface area contributed by atoms with Crippen molar-refractivity contribution in [3.8, 4) is 17.9 Å². The van der Waals surface area contributed by atoms with Gasteiger partial charge in [-0.15, -0.1) is 0 Å². The van der Waals surface area contributed by atoms with Crippen molar-refractivity contribution in [1.82, 2.24) is 20.4 Å². The molecule has 0 aromatic heterocycles. The zero-order chi connectivity index (χ0) is 29.8. The quantitative estimate of drug-likeness (QED) is 0.0868. The Bertz CT molecular complexity index is 1120. The average molecular weight is 549 g/mol. The van der Waals surface area contributed by atoms with Gasteiger partial charge in [-0.1, -0.05) is 31.8 Å². The molecular formula is C30H44N8O2. The van der Waals surface area contributed by atoms with E-state index in [9.17, 15) is 9.59 Å². The van der Waals surface area contributed by atoms with Crippen LogP contribution in [0.25, 0.3) is 0 Å². The fourth-order valence-electron chi connectivity index (χ4n) is 3.25. The lowest BCUT2D eigenvalue weighted by Gasteiger charge is -2.22. The standard InChI is InChI=1S/C30H44N8O2/c1-6-18-34-30(36-27(7-2)35-26-16-14-24(22-31)15-17-26)25(23-32)11-8-9-12-28(39)33-19-21-38(5)29(40)13-10-20-37(3)4/h10,13-17,23,27,35H,6-7,9,12,18-21,32H2,1-5H3,(H,33,39)(H,34,36)/b13-10+,25-23-. The molecule has 1 unspecified atom stereocenters. The average Bonchev–Trinajstić information content (AvgIpc) is 2.94. The van der Waals surface area contributed by atoms with Gasteiger partial charge in [-0.3, -0.25) is 14.6 Å². The summed E-state index contributed by atoms with van der Waals surface area (Å²) in [5.74, 6) is 6.41. The Morgan fingerprint density at radius 1 is 1.18 bits per heavy atom. The molecule has 0 aliphatic heterocycles. The number of amides is 2. The van der Waals surface area contributed by atoms with Crippen LogP contribution in [0.3, 0.4) is 0 Å². The van der Waals surface area contributed by atoms with Gasteiger partial charge < -0.3 is 31.5 Å². The second kappa shape index (κ2) is 19.7. The first-order chi connectivity index (χ1) is 19.2. The molecule has 10 nitrogen and oxygen atoms in total. The second-order valence-corrected chi connectivity index (χ2v) is 9.33. The Labute approximate surface area is 239 Å². The van der Waals surface area contributed by atoms with E-state index in [1.165, 1.54) is 6.20 Å². The van der Waals surface area contributed by atoms with Gasteiger partial charge in [-0.05, 0) is 51.2 Å². The number of hydrogen-bond acceptors (Lipinski definition) is 7. The Hall–Kier alpha value is -4.28. The van der Waals surface area contributed by atoms with Crippen molar-refractivity contribution >= 4 is 23.3 Å². The minimum absolute atomic E-state index is 0.102. The zero-order valence-corrected chi connectivity index (χ0v) is 24.5. The third-order valence-corrected chi connectivity index (χ3v) is 5.57. The molecule has 0 saturated carbocycles. The van der Waals surface area contributed by atoms with Crippen LogP contribution in [-0.2, 0) is 9.59 Å². The molecule has 0 aliphatic carbocycles. The van der Waals surface area contributed by atoms with Gasteiger partial charge in [0.15, 0.2) is 0 Å². The molecule has 0 spiro atoms. The number of nitrogens with one attached hydrogen (secondary N) is 3. The van der Waals surface area contributed by atoms with Crippen LogP contribution >= 0.6 is 0 Å². The highest BCUT2D eigenvalue weighted by atomic mass is 16.2. The molecule has 0 saturated heterocycles. The highest BCUT2D eigenvalue weighted by molar-refractivity contribution is 6.02. The molecule has 0 heterocycles. The molecular weight excluding hydrogens is 504 g/mol. The summed E-state index contributed by atoms with van der Waals surface area (Å²) in [7, 11) is 5.57. The number of nitrogens with zero attached hydrogens (tertiary/aromatic N) is 4. The van der Waals surface area contributed by atoms with Gasteiger partial charge in [0, 0.05) is 64.0 Å². The van der Waals surface area contributed by atoms with Crippen LogP contribution in [0.5, 0.6) is 0 Å². The SMILES string of the molecule is CCCN=C(NC(CC)Nc1ccc(C#N)cc1)/C(C#CCCC(=O)NCCN(C)C(=O)/C=C/CN(C)C)=C\N. The molecule has 40 heavy (non-hydrogen) atoms. The van der Waals surface area contributed by atoms with E-state index in [-0.39, 0.29) is 24.4 Å². The number of benzene rings is 1. The summed E-state index contributed by atoms with van der Waals surface area (Å²) >= 11 is 0. The highest BCUT2D eigenvalue weighted by Gasteiger charge is 2.12. The van der Waals surface area contributed by atoms with Crippen molar-refractivity contribution in [3.63, 3.8) is 0 Å². The Balaban J connectivity index is 2.63. The molecule has 1 aromatic rings. The van der Waals surface area contributed by atoms with Gasteiger partial charge in [0.2, 0.25) is 11.8 Å². The first-order valence-corrected chi connectivity index (χ1v) is 13.6. The molecule has 2 amide bonds. The van der Waals surface area contributed by atoms with Crippen LogP contribution in [0.2, 0.25) is 0 Å². The Morgan fingerprint density at radius 2 is 1.90 bits per heavy atom. The molecule has 10 heteroatoms. The Kier molecular flexibility index (Phi) is 16.7. The van der Waals surface area contributed by atoms with E-state index in [1.807, 2.05) is 51.1 Å². The molecule has 216 valence electrons. The predicted molar refractivity (Wildman–Crippen MR) is 162 cm³/mol. The monoisotopic (exact) mass is 548 g/mol. The van der Waals surface area contributed by atoms with Crippen LogP contribution in [0.1, 0.15) is 45.1 Å². The van der Waals surface area contributed by atoms with E-state index in [0.29, 0.717) is 49.6 Å². The van der Waals surface area contributed by atoms with E-state index in [0.717, 1.165) is 18.5 Å². The van der Waals surface area contributed by atoms with Gasteiger partial charge in [0.1, 0.15) is 5.84 Å². The number of nitriles is 1. The fraction of sp³-hybridized carbons (Fsp3) is 0.467. The summed E-state index contributed by atoms with van der Waals surface area (Å²) in [4.78, 5) is 32.5. The number of rotatable bonds is 15. The van der Waals surface area contributed by atoms with Crippen molar-refractivity contribution in [2.75, 3.05) is 52.6 Å². The summed E-state index contributed by atoms with van der Waals surface area (Å²) in [6, 6.07) is 9.35. The molecule has 5 N–H and O–H groups in total. The van der Waals surface area contributed by atoms with E-state index in [1.54, 1.807) is 30.2 Å². The summed E-state index contributed by atoms with van der Waals surface area (Å²) in [5, 5.41) is 18.6. The molecule has 1 atom stereocenters. The number of carbonyl (C=O) groups excluding carboxylic acids is 2. The molecule has 1 rings (SSSR count). The van der Waals surface area contributed by atoms with Crippen LogP contribution in [0.4, 0.5) is 5.69 Å². The normalized spacial score (nSPS) is 12.3. The van der Waals surface area contributed by atoms with Crippen LogP contribution in [0.15, 0.2) is 53.2 Å². The van der Waals surface area contributed by atoms with E-state index in [4.69, 9.17) is 11.0 Å². The van der Waals surface area contributed by atoms with Crippen LogP contribution < -0.4 is 21.7 Å². The van der Waals surface area contributed by atoms with Crippen molar-refractivity contribution in [1.29, 1.82) is 5.26 Å². The van der Waals surface area contributed by atoms with Crippen LogP contribution in [0, 0.1) is 23.2 Å². The molecule has 0 bridgehead atoms. The zero-order valence-electron chi connectivity index (χ0n) is 24.5. The van der Waals surface area contributed by atoms with Gasteiger partial charge >= 0.3 is 0 Å². The van der Waals surface area contributed by atoms with E-state index in [2.05, 4.69) is 38.9 Å². The number of nitrogens with two attached hydrogens (primary N) is 1. The maximum absolute atomic E-state index is 12.2. The van der Waals surface area contributed by atoms with Crippen LogP contribution in [-0.4, -0.2) is 80.9 Å². The highest BCUT2D eigenvalue weighted by Crippen LogP contribution is 2.11. The molecule has 1 aromatic carbocycles. The number of likely N-dealkylation sites (N-methyl/N-ethyl adjacent to an activating group) is 2. The van der Waals surface area contributed by atoms with Gasteiger partial charge in [0.05, 0.1) is 23.4 Å². The summed E-state index contributed by atoms with van der Waals surface area (Å²) in [5.41, 5.74) is 7.92. The third kappa shape index (κ3) is 14.0. The predicted octanol–water partition coefficient (Wildman–Crippen LogP) is 2.42. The molecule has 0 fully saturated rings. The van der Waals surface area contributed by atoms with E-state index >= 15 is 0 Å². The van der Waals surface area contributed by atoms with Crippen molar-refractivity contribution in [2.45, 2.75) is 45.7 Å². The summed E-state index contributed by atoms with van der Waals surface area (Å²) in [6.45, 7) is 6.16. The van der Waals surface area contributed by atoms with Gasteiger partial charge in [-0.25, -0.2) is 0 Å². The first-order valence-electron chi connectivity index (χ1n) is 13.6. The smallest absolute Gasteiger partial charge is 0.246 e. The number of anilines is 1. The number of aliphatic imine (C=N–C) groups is 1. The maximum Gasteiger partial charge on any atom is 0.246 e. The Morgan fingerprint density at radius 3 is 2.50 bits per heavy atom. The number of carbonyl (C=O) groups is 2. The lowest BCUT2D eigenvalue weighted by atomic mass is 10.2. The largest absolute Gasteiger partial charge is 0.403 e. The topological polar surface area (TPSA) is 139 Å². The van der Waals surface area contributed by atoms with Crippen molar-refractivity contribution in [3.05, 3.63) is 53.8 Å². The summed E-state index contributed by atoms with van der Waals surface area (Å²) in [6.07, 6.45) is 6.84. The maximum atomic E-state index is 12.2. The van der Waals surface area contributed by atoms with Gasteiger partial charge in [-0.2, -0.15) is 5.26 Å². The fourth-order valence-corrected chi connectivity index (χ4v) is 3.25. The lowest BCUT2D eigenvalue weighted by molar-refractivity contribution is -0.125. The second-order valence-electron chi connectivity index (χ2n) is 9.33. The minimum atomic E-state index is -0.139. The number of amidine groups is 1. The summed E-state index contributed by atoms with van der Waals surface area (Å²) < 4.78 is 0. The first kappa shape index (κ1) is 33.7. The lowest BCUT2D eigenvalue weighted by Crippen LogP contribution is -2.41. The number of hydrogen-bond donors (Lipinski definition) is 4. The van der Waals surface area contributed by atoms with E-state index < -0.39 is 0 Å². The van der Waals surface area contributed by atoms with Crippen molar-refractivity contribution in [2.24, 2.45) is 10.7 Å². The minimum Gasteiger partial charge on any atom is -0.403 e. The molecule has 0 radical (unpaired) electrons. The third-order valence-electron chi connectivity index (χ3n) is 5.57. The van der Waals surface area contributed by atoms with Crippen molar-refractivity contribution < 1.29 is 9.59 Å².